The van der Waals surface area contributed by atoms with Crippen molar-refractivity contribution in [2.45, 2.75) is 24.9 Å². The highest BCUT2D eigenvalue weighted by Gasteiger charge is 2.72. The molecule has 1 aromatic carbocycles. The number of hydrogen-bond donors (Lipinski definition) is 1. The molecule has 5 rings (SSSR count). The monoisotopic (exact) mass is 257 g/mol. The first-order valence-electron chi connectivity index (χ1n) is 6.99. The largest absolute Gasteiger partial charge is 0.390 e. The minimum atomic E-state index is -0.432. The van der Waals surface area contributed by atoms with E-state index in [-0.39, 0.29) is 30.1 Å². The molecule has 0 unspecified atom stereocenters. The second-order valence-corrected chi connectivity index (χ2v) is 6.19. The molecule has 19 heavy (non-hydrogen) atoms. The molecule has 0 aromatic heterocycles. The zero-order chi connectivity index (χ0) is 12.7. The molecule has 7 atom stereocenters. The summed E-state index contributed by atoms with van der Waals surface area (Å²) >= 11 is 0. The third-order valence-electron chi connectivity index (χ3n) is 5.55. The van der Waals surface area contributed by atoms with Crippen LogP contribution in [0.15, 0.2) is 30.3 Å². The Morgan fingerprint density at radius 3 is 2.79 bits per heavy atom. The first kappa shape index (κ1) is 10.4. The molecule has 4 heteroatoms. The van der Waals surface area contributed by atoms with Crippen molar-refractivity contribution in [2.75, 3.05) is 4.90 Å². The van der Waals surface area contributed by atoms with Gasteiger partial charge in [0.15, 0.2) is 0 Å². The van der Waals surface area contributed by atoms with Crippen LogP contribution in [0.25, 0.3) is 0 Å². The lowest BCUT2D eigenvalue weighted by molar-refractivity contribution is -0.128. The van der Waals surface area contributed by atoms with Crippen LogP contribution in [0.1, 0.15) is 6.42 Å². The number of para-hydroxylation sites is 1. The van der Waals surface area contributed by atoms with Gasteiger partial charge in [-0.25, -0.2) is 0 Å². The van der Waals surface area contributed by atoms with Gasteiger partial charge in [-0.3, -0.25) is 9.69 Å². The molecule has 2 heterocycles. The second kappa shape index (κ2) is 3.19. The molecule has 0 spiro atoms. The molecule has 4 aliphatic rings. The number of carbonyl (C=O) groups is 1. The van der Waals surface area contributed by atoms with Gasteiger partial charge in [-0.05, 0) is 30.4 Å². The number of aliphatic hydroxyl groups excluding tert-OH is 1. The molecular weight excluding hydrogens is 242 g/mol. The van der Waals surface area contributed by atoms with Gasteiger partial charge in [0, 0.05) is 11.6 Å². The minimum Gasteiger partial charge on any atom is -0.390 e. The van der Waals surface area contributed by atoms with Crippen molar-refractivity contribution in [3.05, 3.63) is 30.3 Å². The van der Waals surface area contributed by atoms with Crippen LogP contribution in [0.2, 0.25) is 0 Å². The van der Waals surface area contributed by atoms with Crippen LogP contribution >= 0.6 is 0 Å². The Morgan fingerprint density at radius 2 is 2.00 bits per heavy atom. The average molecular weight is 257 g/mol. The maximum absolute atomic E-state index is 12.7. The number of aliphatic hydroxyl groups is 1. The van der Waals surface area contributed by atoms with E-state index in [4.69, 9.17) is 4.74 Å². The highest BCUT2D eigenvalue weighted by Crippen LogP contribution is 2.63. The van der Waals surface area contributed by atoms with Gasteiger partial charge in [0.1, 0.15) is 6.23 Å². The molecule has 2 saturated heterocycles. The molecular formula is C15H15NO3. The molecule has 98 valence electrons. The number of hydrogen-bond acceptors (Lipinski definition) is 3. The highest BCUT2D eigenvalue weighted by atomic mass is 16.5. The van der Waals surface area contributed by atoms with Gasteiger partial charge in [-0.1, -0.05) is 18.2 Å². The third kappa shape index (κ3) is 1.03. The van der Waals surface area contributed by atoms with Crippen LogP contribution < -0.4 is 4.90 Å². The zero-order valence-corrected chi connectivity index (χ0v) is 10.3. The lowest BCUT2D eigenvalue weighted by atomic mass is 9.80. The topological polar surface area (TPSA) is 49.8 Å². The Labute approximate surface area is 111 Å². The summed E-state index contributed by atoms with van der Waals surface area (Å²) in [7, 11) is 0. The zero-order valence-electron chi connectivity index (χ0n) is 10.3. The van der Waals surface area contributed by atoms with Crippen LogP contribution in [0.5, 0.6) is 0 Å². The molecule has 2 saturated carbocycles. The van der Waals surface area contributed by atoms with E-state index in [9.17, 15) is 9.90 Å². The van der Waals surface area contributed by atoms with E-state index < -0.39 is 6.10 Å². The number of ether oxygens (including phenoxy) is 1. The maximum Gasteiger partial charge on any atom is 0.233 e. The van der Waals surface area contributed by atoms with Crippen LogP contribution in [-0.4, -0.2) is 29.4 Å². The smallest absolute Gasteiger partial charge is 0.233 e. The van der Waals surface area contributed by atoms with Crippen LogP contribution in [0, 0.1) is 23.7 Å². The van der Waals surface area contributed by atoms with Gasteiger partial charge in [0.05, 0.1) is 18.1 Å². The van der Waals surface area contributed by atoms with E-state index in [1.807, 2.05) is 35.2 Å². The molecule has 1 aromatic rings. The Morgan fingerprint density at radius 1 is 1.21 bits per heavy atom. The Kier molecular flexibility index (Phi) is 1.75. The highest BCUT2D eigenvalue weighted by molar-refractivity contribution is 5.99. The van der Waals surface area contributed by atoms with Crippen molar-refractivity contribution >= 4 is 11.6 Å². The molecule has 1 amide bonds. The summed E-state index contributed by atoms with van der Waals surface area (Å²) in [6.45, 7) is 0. The number of carbonyl (C=O) groups excluding carboxylic acids is 1. The SMILES string of the molecule is O=C1[C@@H]2[C@H]3C[C@H]4[C@H](O[C@H]([C@H]42)N1c1ccccc1)[C@@H]3O. The number of anilines is 1. The number of rotatable bonds is 1. The van der Waals surface area contributed by atoms with Gasteiger partial charge >= 0.3 is 0 Å². The van der Waals surface area contributed by atoms with Crippen molar-refractivity contribution in [1.29, 1.82) is 0 Å². The Balaban J connectivity index is 1.62. The van der Waals surface area contributed by atoms with Gasteiger partial charge < -0.3 is 9.84 Å². The summed E-state index contributed by atoms with van der Waals surface area (Å²) in [5.74, 6) is 0.917. The molecule has 2 bridgehead atoms. The fraction of sp³-hybridized carbons (Fsp3) is 0.533. The summed E-state index contributed by atoms with van der Waals surface area (Å²) in [6.07, 6.45) is 0.331. The van der Waals surface area contributed by atoms with E-state index in [2.05, 4.69) is 0 Å². The standard InChI is InChI=1S/C15H15NO3/c17-12-8-6-9-11-10(8)14(18)16(15(11)19-13(9)12)7-4-2-1-3-5-7/h1-5,8-13,15,17H,6H2/t8-,9-,10-,11-,12-,13+,15-/m1/s1. The van der Waals surface area contributed by atoms with Crippen molar-refractivity contribution in [1.82, 2.24) is 0 Å². The maximum atomic E-state index is 12.7. The van der Waals surface area contributed by atoms with E-state index >= 15 is 0 Å². The predicted octanol–water partition coefficient (Wildman–Crippen LogP) is 1.00. The van der Waals surface area contributed by atoms with Gasteiger partial charge in [0.2, 0.25) is 5.91 Å². The molecule has 4 fully saturated rings. The molecule has 1 N–H and O–H groups in total. The normalized spacial score (nSPS) is 49.4. The van der Waals surface area contributed by atoms with Crippen LogP contribution in [0.3, 0.4) is 0 Å². The summed E-state index contributed by atoms with van der Waals surface area (Å²) in [5.41, 5.74) is 0.918. The first-order valence-corrected chi connectivity index (χ1v) is 6.99. The number of nitrogens with zero attached hydrogens (tertiary/aromatic N) is 1. The summed E-state index contributed by atoms with van der Waals surface area (Å²) in [4.78, 5) is 14.5. The van der Waals surface area contributed by atoms with E-state index in [0.717, 1.165) is 12.1 Å². The number of amides is 1. The molecule has 2 aliphatic carbocycles. The minimum absolute atomic E-state index is 0.0241. The second-order valence-electron chi connectivity index (χ2n) is 6.19. The summed E-state index contributed by atoms with van der Waals surface area (Å²) in [5, 5.41) is 10.2. The van der Waals surface area contributed by atoms with Crippen molar-refractivity contribution in [3.63, 3.8) is 0 Å². The lowest BCUT2D eigenvalue weighted by Gasteiger charge is -2.30. The third-order valence-corrected chi connectivity index (χ3v) is 5.55. The Hall–Kier alpha value is -1.39. The fourth-order valence-electron chi connectivity index (χ4n) is 4.92. The van der Waals surface area contributed by atoms with Crippen molar-refractivity contribution in [2.24, 2.45) is 23.7 Å². The lowest BCUT2D eigenvalue weighted by Crippen LogP contribution is -2.43. The van der Waals surface area contributed by atoms with E-state index in [0.29, 0.717) is 11.8 Å². The summed E-state index contributed by atoms with van der Waals surface area (Å²) in [6, 6.07) is 9.75. The predicted molar refractivity (Wildman–Crippen MR) is 67.2 cm³/mol. The van der Waals surface area contributed by atoms with E-state index in [1.165, 1.54) is 0 Å². The molecule has 2 aliphatic heterocycles. The first-order chi connectivity index (χ1) is 9.27. The average Bonchev–Trinajstić information content (AvgIpc) is 3.08. The van der Waals surface area contributed by atoms with Gasteiger partial charge in [0.25, 0.3) is 0 Å². The van der Waals surface area contributed by atoms with Crippen molar-refractivity contribution in [3.8, 4) is 0 Å². The van der Waals surface area contributed by atoms with Crippen molar-refractivity contribution < 1.29 is 14.6 Å². The summed E-state index contributed by atoms with van der Waals surface area (Å²) < 4.78 is 6.03. The quantitative estimate of drug-likeness (QED) is 0.816. The fourth-order valence-corrected chi connectivity index (χ4v) is 4.92. The van der Waals surface area contributed by atoms with Crippen LogP contribution in [0.4, 0.5) is 5.69 Å². The van der Waals surface area contributed by atoms with E-state index in [1.54, 1.807) is 0 Å². The molecule has 0 radical (unpaired) electrons. The molecule has 4 nitrogen and oxygen atoms in total. The Bertz CT molecular complexity index is 560. The number of fused-ring (bicyclic) bond motifs is 2. The van der Waals surface area contributed by atoms with Crippen LogP contribution in [-0.2, 0) is 9.53 Å². The van der Waals surface area contributed by atoms with Gasteiger partial charge in [-0.15, -0.1) is 0 Å². The van der Waals surface area contributed by atoms with Gasteiger partial charge in [-0.2, -0.15) is 0 Å². The number of benzene rings is 1.